The highest BCUT2D eigenvalue weighted by Crippen LogP contribution is 2.43. The summed E-state index contributed by atoms with van der Waals surface area (Å²) >= 11 is 0. The zero-order valence-electron chi connectivity index (χ0n) is 32.1. The van der Waals surface area contributed by atoms with E-state index in [1.807, 2.05) is 34.6 Å². The Kier molecular flexibility index (Phi) is 30.6. The molecule has 0 N–H and O–H groups in total. The van der Waals surface area contributed by atoms with Crippen molar-refractivity contribution < 1.29 is 33.2 Å². The minimum Gasteiger partial charge on any atom is -0.372 e. The van der Waals surface area contributed by atoms with Crippen LogP contribution in [0.25, 0.3) is 0 Å². The maximum Gasteiger partial charge on any atom is 0.310 e. The highest BCUT2D eigenvalue weighted by molar-refractivity contribution is 5.06. The van der Waals surface area contributed by atoms with Crippen LogP contribution in [0, 0.1) is 5.92 Å². The van der Waals surface area contributed by atoms with Gasteiger partial charge in [0.15, 0.2) is 5.79 Å². The molecule has 272 valence electrons. The van der Waals surface area contributed by atoms with Gasteiger partial charge in [0.2, 0.25) is 0 Å². The number of unbranched alkanes of at least 4 members (excludes halogenated alkanes) is 9. The van der Waals surface area contributed by atoms with E-state index in [1.165, 1.54) is 64.2 Å². The number of methoxy groups -OCH3 is 3. The molecule has 0 rings (SSSR count). The molecule has 0 saturated heterocycles. The largest absolute Gasteiger partial charge is 0.372 e. The minimum absolute atomic E-state index is 0.177. The topological polar surface area (TPSA) is 64.6 Å². The zero-order valence-corrected chi connectivity index (χ0v) is 32.1. The van der Waals surface area contributed by atoms with Crippen LogP contribution in [0.2, 0.25) is 0 Å². The molecule has 0 spiro atoms. The second-order valence-electron chi connectivity index (χ2n) is 11.9. The van der Waals surface area contributed by atoms with Gasteiger partial charge in [0.05, 0.1) is 0 Å². The molecule has 0 heterocycles. The fourth-order valence-electron chi connectivity index (χ4n) is 6.35. The van der Waals surface area contributed by atoms with E-state index >= 15 is 0 Å². The van der Waals surface area contributed by atoms with Gasteiger partial charge in [-0.1, -0.05) is 110 Å². The van der Waals surface area contributed by atoms with Crippen molar-refractivity contribution in [3.05, 3.63) is 12.2 Å². The summed E-state index contributed by atoms with van der Waals surface area (Å²) in [6.07, 6.45) is 22.2. The van der Waals surface area contributed by atoms with Crippen molar-refractivity contribution in [1.29, 1.82) is 0 Å². The number of ether oxygens (including phenoxy) is 7. The van der Waals surface area contributed by atoms with E-state index < -0.39 is 17.4 Å². The molecule has 0 saturated carbocycles. The third-order valence-electron chi connectivity index (χ3n) is 8.79. The van der Waals surface area contributed by atoms with Crippen LogP contribution in [-0.4, -0.2) is 71.2 Å². The maximum atomic E-state index is 6.12. The van der Waals surface area contributed by atoms with Crippen LogP contribution < -0.4 is 0 Å². The summed E-state index contributed by atoms with van der Waals surface area (Å²) in [6, 6.07) is 0. The van der Waals surface area contributed by atoms with Crippen LogP contribution in [0.15, 0.2) is 12.2 Å². The van der Waals surface area contributed by atoms with E-state index in [9.17, 15) is 0 Å². The Bertz CT molecular complexity index is 635. The lowest BCUT2D eigenvalue weighted by molar-refractivity contribution is -0.415. The van der Waals surface area contributed by atoms with Crippen molar-refractivity contribution >= 4 is 0 Å². The van der Waals surface area contributed by atoms with Crippen LogP contribution in [0.5, 0.6) is 0 Å². The molecule has 0 aromatic rings. The molecule has 0 radical (unpaired) electrons. The molecule has 45 heavy (non-hydrogen) atoms. The molecule has 7 nitrogen and oxygen atoms in total. The summed E-state index contributed by atoms with van der Waals surface area (Å²) in [5.41, 5.74) is -0.470. The van der Waals surface area contributed by atoms with Gasteiger partial charge in [0.1, 0.15) is 11.7 Å². The van der Waals surface area contributed by atoms with Crippen molar-refractivity contribution in [2.75, 3.05) is 47.8 Å². The van der Waals surface area contributed by atoms with Crippen molar-refractivity contribution in [1.82, 2.24) is 0 Å². The van der Waals surface area contributed by atoms with Gasteiger partial charge < -0.3 is 33.2 Å². The summed E-state index contributed by atoms with van der Waals surface area (Å²) in [5.74, 6) is -1.53. The second kappa shape index (κ2) is 29.6. The smallest absolute Gasteiger partial charge is 0.310 e. The Labute approximate surface area is 280 Å². The molecule has 0 amide bonds. The average Bonchev–Trinajstić information content (AvgIpc) is 3.04. The predicted octanol–water partition coefficient (Wildman–Crippen LogP) is 10.6. The molecule has 3 unspecified atom stereocenters. The first-order chi connectivity index (χ1) is 21.7. The van der Waals surface area contributed by atoms with E-state index in [1.54, 1.807) is 21.3 Å². The predicted molar refractivity (Wildman–Crippen MR) is 190 cm³/mol. The summed E-state index contributed by atoms with van der Waals surface area (Å²) < 4.78 is 41.2. The normalized spacial score (nSPS) is 15.1. The SMILES string of the molecule is CC=CC(CCCCCCC)C(CCC)(OC)C(C)(OC)OC.CCCCCCCCC(OCC)C(OCC)(OCC)OCC. The van der Waals surface area contributed by atoms with Gasteiger partial charge in [-0.25, -0.2) is 0 Å². The second-order valence-corrected chi connectivity index (χ2v) is 11.9. The lowest BCUT2D eigenvalue weighted by Crippen LogP contribution is -2.60. The van der Waals surface area contributed by atoms with E-state index in [0.29, 0.717) is 26.4 Å². The highest BCUT2D eigenvalue weighted by Gasteiger charge is 2.53. The fourth-order valence-corrected chi connectivity index (χ4v) is 6.35. The molecule has 0 aromatic carbocycles. The Hall–Kier alpha value is -0.540. The average molecular weight is 647 g/mol. The molecule has 7 heteroatoms. The van der Waals surface area contributed by atoms with Crippen LogP contribution in [0.1, 0.15) is 159 Å². The van der Waals surface area contributed by atoms with Gasteiger partial charge in [-0.2, -0.15) is 0 Å². The lowest BCUT2D eigenvalue weighted by Gasteiger charge is -2.49. The summed E-state index contributed by atoms with van der Waals surface area (Å²) in [5, 5.41) is 0. The van der Waals surface area contributed by atoms with Crippen molar-refractivity contribution in [3.8, 4) is 0 Å². The maximum absolute atomic E-state index is 6.12. The van der Waals surface area contributed by atoms with E-state index in [0.717, 1.165) is 32.1 Å². The van der Waals surface area contributed by atoms with Crippen LogP contribution >= 0.6 is 0 Å². The molecule has 0 aliphatic heterocycles. The number of allylic oxidation sites excluding steroid dienone is 1. The quantitative estimate of drug-likeness (QED) is 0.0437. The molecular weight excluding hydrogens is 568 g/mol. The van der Waals surface area contributed by atoms with Crippen LogP contribution in [0.4, 0.5) is 0 Å². The Morgan fingerprint density at radius 1 is 0.556 bits per heavy atom. The zero-order chi connectivity index (χ0) is 34.5. The fraction of sp³-hybridized carbons (Fsp3) is 0.947. The van der Waals surface area contributed by atoms with Crippen LogP contribution in [0.3, 0.4) is 0 Å². The summed E-state index contributed by atoms with van der Waals surface area (Å²) in [7, 11) is 5.21. The van der Waals surface area contributed by atoms with E-state index in [4.69, 9.17) is 33.2 Å². The standard InChI is InChI=1S/C20H40O3.C18H38O4/c1-8-11-12-13-14-16-18(15-9-2)20(23-7,17-10-3)19(4,21-5)22-6;1-6-11-12-13-14-15-16-17(19-7-2)18(20-8-3,21-9-4)22-10-5/h9,15,18H,8,10-14,16-17H2,1-7H3;17H,6-16H2,1-5H3. The Balaban J connectivity index is 0. The Morgan fingerprint density at radius 3 is 1.40 bits per heavy atom. The third kappa shape index (κ3) is 16.9. The Morgan fingerprint density at radius 2 is 1.02 bits per heavy atom. The van der Waals surface area contributed by atoms with Gasteiger partial charge in [-0.3, -0.25) is 0 Å². The van der Waals surface area contributed by atoms with Crippen molar-refractivity contribution in [2.45, 2.75) is 182 Å². The molecule has 0 bridgehead atoms. The summed E-state index contributed by atoms with van der Waals surface area (Å²) in [4.78, 5) is 0. The molecule has 0 fully saturated rings. The van der Waals surface area contributed by atoms with Gasteiger partial charge in [0.25, 0.3) is 0 Å². The number of rotatable bonds is 30. The number of hydrogen-bond donors (Lipinski definition) is 0. The van der Waals surface area contributed by atoms with Crippen molar-refractivity contribution in [2.24, 2.45) is 5.92 Å². The molecule has 0 aliphatic rings. The van der Waals surface area contributed by atoms with E-state index in [2.05, 4.69) is 39.8 Å². The monoisotopic (exact) mass is 647 g/mol. The molecular formula is C38H78O7. The first kappa shape index (κ1) is 46.6. The first-order valence-corrected chi connectivity index (χ1v) is 18.5. The first-order valence-electron chi connectivity index (χ1n) is 18.5. The molecule has 0 aromatic heterocycles. The van der Waals surface area contributed by atoms with Gasteiger partial charge in [0, 0.05) is 53.7 Å². The van der Waals surface area contributed by atoms with Gasteiger partial charge in [-0.15, -0.1) is 0 Å². The minimum atomic E-state index is -1.06. The van der Waals surface area contributed by atoms with Crippen molar-refractivity contribution in [3.63, 3.8) is 0 Å². The van der Waals surface area contributed by atoms with Gasteiger partial charge >= 0.3 is 5.97 Å². The lowest BCUT2D eigenvalue weighted by atomic mass is 9.74. The van der Waals surface area contributed by atoms with Gasteiger partial charge in [-0.05, 0) is 60.8 Å². The highest BCUT2D eigenvalue weighted by atomic mass is 16.9. The molecule has 3 atom stereocenters. The van der Waals surface area contributed by atoms with E-state index in [-0.39, 0.29) is 12.0 Å². The summed E-state index contributed by atoms with van der Waals surface area (Å²) in [6.45, 7) is 20.9. The molecule has 0 aliphatic carbocycles. The third-order valence-corrected chi connectivity index (χ3v) is 8.79. The number of hydrogen-bond acceptors (Lipinski definition) is 7. The van der Waals surface area contributed by atoms with Crippen LogP contribution in [-0.2, 0) is 33.2 Å².